The standard InChI is InChI=1S/C20H19ClN4O5S/c1-13-9-15(5-8-17(13)21)30-11-19(26)24-14-3-6-16(7-4-14)31(27,28)25-18-10-20(29-2)23-12-22-18/h3-10,12H,11H2,1-2H3,(H,24,26)(H,22,23,25). The lowest BCUT2D eigenvalue weighted by Gasteiger charge is -2.10. The fourth-order valence-electron chi connectivity index (χ4n) is 2.47. The highest BCUT2D eigenvalue weighted by Crippen LogP contribution is 2.21. The van der Waals surface area contributed by atoms with Crippen molar-refractivity contribution >= 4 is 39.0 Å². The minimum Gasteiger partial charge on any atom is -0.484 e. The lowest BCUT2D eigenvalue weighted by molar-refractivity contribution is -0.118. The first-order valence-corrected chi connectivity index (χ1v) is 10.8. The fraction of sp³-hybridized carbons (Fsp3) is 0.150. The van der Waals surface area contributed by atoms with Crippen molar-refractivity contribution in [2.75, 3.05) is 23.8 Å². The van der Waals surface area contributed by atoms with Gasteiger partial charge in [0.25, 0.3) is 15.9 Å². The topological polar surface area (TPSA) is 120 Å². The second kappa shape index (κ2) is 9.63. The van der Waals surface area contributed by atoms with Crippen molar-refractivity contribution in [1.82, 2.24) is 9.97 Å². The van der Waals surface area contributed by atoms with Crippen molar-refractivity contribution in [2.45, 2.75) is 11.8 Å². The summed E-state index contributed by atoms with van der Waals surface area (Å²) in [6.07, 6.45) is 1.18. The van der Waals surface area contributed by atoms with E-state index in [1.54, 1.807) is 18.2 Å². The molecule has 3 aromatic rings. The molecule has 0 fully saturated rings. The highest BCUT2D eigenvalue weighted by atomic mass is 35.5. The number of ether oxygens (including phenoxy) is 2. The van der Waals surface area contributed by atoms with Gasteiger partial charge in [0.1, 0.15) is 17.9 Å². The van der Waals surface area contributed by atoms with Gasteiger partial charge < -0.3 is 14.8 Å². The molecule has 0 saturated heterocycles. The van der Waals surface area contributed by atoms with Gasteiger partial charge in [0.2, 0.25) is 5.88 Å². The average molecular weight is 463 g/mol. The Morgan fingerprint density at radius 1 is 1.10 bits per heavy atom. The molecule has 0 atom stereocenters. The van der Waals surface area contributed by atoms with Crippen LogP contribution in [0, 0.1) is 6.92 Å². The molecule has 1 heterocycles. The van der Waals surface area contributed by atoms with Crippen LogP contribution < -0.4 is 19.5 Å². The second-order valence-electron chi connectivity index (χ2n) is 6.32. The number of amides is 1. The molecule has 9 nitrogen and oxygen atoms in total. The molecular weight excluding hydrogens is 444 g/mol. The van der Waals surface area contributed by atoms with Crippen LogP contribution in [-0.4, -0.2) is 38.0 Å². The highest BCUT2D eigenvalue weighted by molar-refractivity contribution is 7.92. The summed E-state index contributed by atoms with van der Waals surface area (Å²) in [6, 6.07) is 12.1. The van der Waals surface area contributed by atoms with Crippen LogP contribution in [0.3, 0.4) is 0 Å². The third-order valence-corrected chi connectivity index (χ3v) is 5.83. The zero-order chi connectivity index (χ0) is 22.4. The second-order valence-corrected chi connectivity index (χ2v) is 8.41. The average Bonchev–Trinajstić information content (AvgIpc) is 2.75. The number of nitrogens with one attached hydrogen (secondary N) is 2. The Bertz CT molecular complexity index is 1190. The fourth-order valence-corrected chi connectivity index (χ4v) is 3.59. The summed E-state index contributed by atoms with van der Waals surface area (Å²) in [5.41, 5.74) is 1.26. The molecular formula is C20H19ClN4O5S. The lowest BCUT2D eigenvalue weighted by Crippen LogP contribution is -2.20. The van der Waals surface area contributed by atoms with Crippen LogP contribution in [0.5, 0.6) is 11.6 Å². The number of aromatic nitrogens is 2. The molecule has 0 radical (unpaired) electrons. The molecule has 31 heavy (non-hydrogen) atoms. The number of hydrogen-bond donors (Lipinski definition) is 2. The maximum absolute atomic E-state index is 12.5. The molecule has 162 valence electrons. The van der Waals surface area contributed by atoms with Gasteiger partial charge in [0, 0.05) is 16.8 Å². The van der Waals surface area contributed by atoms with Gasteiger partial charge in [-0.15, -0.1) is 0 Å². The molecule has 0 aliphatic carbocycles. The van der Waals surface area contributed by atoms with E-state index in [0.29, 0.717) is 16.5 Å². The smallest absolute Gasteiger partial charge is 0.263 e. The summed E-state index contributed by atoms with van der Waals surface area (Å²) in [5, 5.41) is 3.25. The number of aryl methyl sites for hydroxylation is 1. The number of carbonyl (C=O) groups is 1. The molecule has 0 saturated carbocycles. The van der Waals surface area contributed by atoms with Gasteiger partial charge in [0.05, 0.1) is 12.0 Å². The summed E-state index contributed by atoms with van der Waals surface area (Å²) in [7, 11) is -2.47. The zero-order valence-corrected chi connectivity index (χ0v) is 18.2. The Labute approximate surface area is 184 Å². The van der Waals surface area contributed by atoms with Crippen LogP contribution in [-0.2, 0) is 14.8 Å². The summed E-state index contributed by atoms with van der Waals surface area (Å²) in [4.78, 5) is 19.8. The van der Waals surface area contributed by atoms with Gasteiger partial charge in [-0.1, -0.05) is 11.6 Å². The summed E-state index contributed by atoms with van der Waals surface area (Å²) < 4.78 is 37.8. The van der Waals surface area contributed by atoms with Crippen molar-refractivity contribution in [2.24, 2.45) is 0 Å². The van der Waals surface area contributed by atoms with Crippen LogP contribution >= 0.6 is 11.6 Å². The van der Waals surface area contributed by atoms with Crippen LogP contribution in [0.25, 0.3) is 0 Å². The minimum atomic E-state index is -3.88. The number of halogens is 1. The molecule has 3 rings (SSSR count). The van der Waals surface area contributed by atoms with Gasteiger partial charge in [-0.3, -0.25) is 9.52 Å². The Morgan fingerprint density at radius 3 is 2.52 bits per heavy atom. The summed E-state index contributed by atoms with van der Waals surface area (Å²) in [5.74, 6) is 0.417. The van der Waals surface area contributed by atoms with E-state index in [0.717, 1.165) is 5.56 Å². The quantitative estimate of drug-likeness (QED) is 0.527. The normalized spacial score (nSPS) is 10.9. The Morgan fingerprint density at radius 2 is 1.84 bits per heavy atom. The zero-order valence-electron chi connectivity index (χ0n) is 16.6. The number of hydrogen-bond acceptors (Lipinski definition) is 7. The van der Waals surface area contributed by atoms with E-state index in [1.165, 1.54) is 43.8 Å². The van der Waals surface area contributed by atoms with Crippen molar-refractivity contribution in [3.05, 3.63) is 65.4 Å². The third kappa shape index (κ3) is 6.06. The predicted octanol–water partition coefficient (Wildman–Crippen LogP) is 3.27. The van der Waals surface area contributed by atoms with E-state index in [9.17, 15) is 13.2 Å². The van der Waals surface area contributed by atoms with E-state index < -0.39 is 15.9 Å². The molecule has 0 bridgehead atoms. The monoisotopic (exact) mass is 462 g/mol. The van der Waals surface area contributed by atoms with Crippen LogP contribution in [0.4, 0.5) is 11.5 Å². The molecule has 0 aliphatic heterocycles. The van der Waals surface area contributed by atoms with Crippen LogP contribution in [0.15, 0.2) is 59.8 Å². The lowest BCUT2D eigenvalue weighted by atomic mass is 10.2. The van der Waals surface area contributed by atoms with E-state index in [1.807, 2.05) is 6.92 Å². The van der Waals surface area contributed by atoms with Gasteiger partial charge in [-0.25, -0.2) is 18.4 Å². The van der Waals surface area contributed by atoms with Gasteiger partial charge in [-0.2, -0.15) is 0 Å². The van der Waals surface area contributed by atoms with Crippen molar-refractivity contribution < 1.29 is 22.7 Å². The maximum Gasteiger partial charge on any atom is 0.263 e. The van der Waals surface area contributed by atoms with Gasteiger partial charge >= 0.3 is 0 Å². The molecule has 11 heteroatoms. The van der Waals surface area contributed by atoms with Crippen LogP contribution in [0.1, 0.15) is 5.56 Å². The van der Waals surface area contributed by atoms with E-state index >= 15 is 0 Å². The molecule has 1 aromatic heterocycles. The number of rotatable bonds is 8. The van der Waals surface area contributed by atoms with Crippen molar-refractivity contribution in [3.63, 3.8) is 0 Å². The Kier molecular flexibility index (Phi) is 6.93. The van der Waals surface area contributed by atoms with Gasteiger partial charge in [0.15, 0.2) is 6.61 Å². The van der Waals surface area contributed by atoms with E-state index in [4.69, 9.17) is 21.1 Å². The third-order valence-electron chi connectivity index (χ3n) is 4.04. The number of nitrogens with zero attached hydrogens (tertiary/aromatic N) is 2. The first-order chi connectivity index (χ1) is 14.8. The van der Waals surface area contributed by atoms with Gasteiger partial charge in [-0.05, 0) is 55.0 Å². The number of benzene rings is 2. The highest BCUT2D eigenvalue weighted by Gasteiger charge is 2.16. The van der Waals surface area contributed by atoms with E-state index in [-0.39, 0.29) is 23.2 Å². The van der Waals surface area contributed by atoms with Crippen molar-refractivity contribution in [1.29, 1.82) is 0 Å². The largest absolute Gasteiger partial charge is 0.484 e. The number of carbonyl (C=O) groups excluding carboxylic acids is 1. The summed E-state index contributed by atoms with van der Waals surface area (Å²) in [6.45, 7) is 1.62. The Balaban J connectivity index is 1.59. The number of methoxy groups -OCH3 is 1. The predicted molar refractivity (Wildman–Crippen MR) is 116 cm³/mol. The summed E-state index contributed by atoms with van der Waals surface area (Å²) >= 11 is 5.96. The van der Waals surface area contributed by atoms with Crippen molar-refractivity contribution in [3.8, 4) is 11.6 Å². The molecule has 0 spiro atoms. The minimum absolute atomic E-state index is 0.00373. The number of anilines is 2. The van der Waals surface area contributed by atoms with Crippen LogP contribution in [0.2, 0.25) is 5.02 Å². The molecule has 0 aliphatic rings. The number of sulfonamides is 1. The first kappa shape index (κ1) is 22.3. The molecule has 0 unspecified atom stereocenters. The maximum atomic E-state index is 12.5. The molecule has 2 N–H and O–H groups in total. The Hall–Kier alpha value is -3.37. The molecule has 2 aromatic carbocycles. The SMILES string of the molecule is COc1cc(NS(=O)(=O)c2ccc(NC(=O)COc3ccc(Cl)c(C)c3)cc2)ncn1. The molecule has 1 amide bonds. The van der Waals surface area contributed by atoms with E-state index in [2.05, 4.69) is 20.0 Å². The first-order valence-electron chi connectivity index (χ1n) is 8.94.